The number of ether oxygens (including phenoxy) is 2. The van der Waals surface area contributed by atoms with Crippen LogP contribution in [0.5, 0.6) is 11.5 Å². The Balaban J connectivity index is 2.93. The number of carbonyl (C=O) groups is 2. The summed E-state index contributed by atoms with van der Waals surface area (Å²) in [4.78, 5) is 23.2. The molecule has 0 heterocycles. The molecule has 0 aromatic heterocycles. The summed E-state index contributed by atoms with van der Waals surface area (Å²) < 4.78 is 10.2. The Bertz CT molecular complexity index is 486. The van der Waals surface area contributed by atoms with E-state index in [9.17, 15) is 9.59 Å². The fraction of sp³-hybridized carbons (Fsp3) is 0.429. The molecule has 6 heteroatoms. The van der Waals surface area contributed by atoms with Crippen molar-refractivity contribution in [2.24, 2.45) is 0 Å². The summed E-state index contributed by atoms with van der Waals surface area (Å²) in [6, 6.07) is 3.83. The van der Waals surface area contributed by atoms with Gasteiger partial charge in [0.2, 0.25) is 0 Å². The molecule has 0 spiro atoms. The van der Waals surface area contributed by atoms with Gasteiger partial charge in [-0.15, -0.1) is 0 Å². The molecule has 0 saturated heterocycles. The molecule has 0 aliphatic carbocycles. The predicted molar refractivity (Wildman–Crippen MR) is 73.3 cm³/mol. The van der Waals surface area contributed by atoms with Crippen molar-refractivity contribution in [3.63, 3.8) is 0 Å². The summed E-state index contributed by atoms with van der Waals surface area (Å²) in [5, 5.41) is 11.5. The number of nitrogens with one attached hydrogen (secondary N) is 1. The maximum Gasteiger partial charge on any atom is 0.326 e. The van der Waals surface area contributed by atoms with Crippen molar-refractivity contribution < 1.29 is 24.2 Å². The molecule has 1 rings (SSSR count). The Morgan fingerprint density at radius 3 is 2.50 bits per heavy atom. The minimum absolute atomic E-state index is 0.274. The maximum atomic E-state index is 12.1. The predicted octanol–water partition coefficient (Wildman–Crippen LogP) is 1.69. The van der Waals surface area contributed by atoms with Gasteiger partial charge in [0.05, 0.1) is 19.8 Å². The molecule has 0 aliphatic heterocycles. The first-order valence-electron chi connectivity index (χ1n) is 6.29. The van der Waals surface area contributed by atoms with E-state index in [0.29, 0.717) is 24.3 Å². The van der Waals surface area contributed by atoms with Gasteiger partial charge in [-0.25, -0.2) is 4.79 Å². The molecule has 0 bridgehead atoms. The van der Waals surface area contributed by atoms with Crippen LogP contribution in [0, 0.1) is 0 Å². The quantitative estimate of drug-likeness (QED) is 0.794. The molecule has 1 aromatic rings. The van der Waals surface area contributed by atoms with Crippen LogP contribution in [-0.2, 0) is 4.79 Å². The van der Waals surface area contributed by atoms with E-state index >= 15 is 0 Å². The second-order valence-corrected chi connectivity index (χ2v) is 4.22. The number of carboxylic acids is 1. The van der Waals surface area contributed by atoms with Gasteiger partial charge in [0.25, 0.3) is 5.91 Å². The molecule has 0 aliphatic rings. The van der Waals surface area contributed by atoms with Crippen LogP contribution in [0.4, 0.5) is 0 Å². The van der Waals surface area contributed by atoms with Crippen LogP contribution in [0.25, 0.3) is 0 Å². The minimum Gasteiger partial charge on any atom is -0.497 e. The third kappa shape index (κ3) is 3.88. The standard InChI is InChI=1S/C14H19NO5/c1-4-5-11(14(17)18)15-13(16)10-7-6-9(19-2)8-12(10)20-3/h6-8,11H,4-5H2,1-3H3,(H,15,16)(H,17,18). The highest BCUT2D eigenvalue weighted by molar-refractivity contribution is 5.99. The van der Waals surface area contributed by atoms with E-state index in [1.54, 1.807) is 12.1 Å². The number of methoxy groups -OCH3 is 2. The zero-order valence-electron chi connectivity index (χ0n) is 11.8. The molecule has 1 aromatic carbocycles. The molecular weight excluding hydrogens is 262 g/mol. The zero-order chi connectivity index (χ0) is 15.1. The molecule has 1 amide bonds. The average Bonchev–Trinajstić information content (AvgIpc) is 2.45. The summed E-state index contributed by atoms with van der Waals surface area (Å²) >= 11 is 0. The smallest absolute Gasteiger partial charge is 0.326 e. The Morgan fingerprint density at radius 2 is 2.00 bits per heavy atom. The highest BCUT2D eigenvalue weighted by Crippen LogP contribution is 2.24. The van der Waals surface area contributed by atoms with Gasteiger partial charge >= 0.3 is 5.97 Å². The lowest BCUT2D eigenvalue weighted by Crippen LogP contribution is -2.40. The van der Waals surface area contributed by atoms with Crippen molar-refractivity contribution >= 4 is 11.9 Å². The van der Waals surface area contributed by atoms with Crippen molar-refractivity contribution in [1.82, 2.24) is 5.32 Å². The Kier molecular flexibility index (Phi) is 5.83. The van der Waals surface area contributed by atoms with Crippen molar-refractivity contribution in [2.45, 2.75) is 25.8 Å². The number of benzene rings is 1. The number of carbonyl (C=O) groups excluding carboxylic acids is 1. The van der Waals surface area contributed by atoms with Gasteiger partial charge in [-0.3, -0.25) is 4.79 Å². The summed E-state index contributed by atoms with van der Waals surface area (Å²) in [7, 11) is 2.95. The SMILES string of the molecule is CCCC(NC(=O)c1ccc(OC)cc1OC)C(=O)O. The van der Waals surface area contributed by atoms with E-state index in [1.165, 1.54) is 20.3 Å². The van der Waals surface area contributed by atoms with Gasteiger partial charge in [0, 0.05) is 6.07 Å². The van der Waals surface area contributed by atoms with Gasteiger partial charge in [0.1, 0.15) is 17.5 Å². The van der Waals surface area contributed by atoms with Crippen molar-refractivity contribution in [2.75, 3.05) is 14.2 Å². The summed E-state index contributed by atoms with van der Waals surface area (Å²) in [6.07, 6.45) is 1.04. The topological polar surface area (TPSA) is 84.9 Å². The van der Waals surface area contributed by atoms with Crippen molar-refractivity contribution in [3.8, 4) is 11.5 Å². The summed E-state index contributed by atoms with van der Waals surface area (Å²) in [6.45, 7) is 1.86. The van der Waals surface area contributed by atoms with Crippen LogP contribution in [0.2, 0.25) is 0 Å². The van der Waals surface area contributed by atoms with Gasteiger partial charge in [-0.05, 0) is 18.6 Å². The first kappa shape index (κ1) is 15.8. The van der Waals surface area contributed by atoms with Crippen molar-refractivity contribution in [1.29, 1.82) is 0 Å². The molecule has 2 N–H and O–H groups in total. The number of hydrogen-bond acceptors (Lipinski definition) is 4. The molecule has 0 radical (unpaired) electrons. The lowest BCUT2D eigenvalue weighted by Gasteiger charge is -2.15. The zero-order valence-corrected chi connectivity index (χ0v) is 11.8. The molecule has 1 unspecified atom stereocenters. The Hall–Kier alpha value is -2.24. The fourth-order valence-corrected chi connectivity index (χ4v) is 1.77. The van der Waals surface area contributed by atoms with Crippen LogP contribution in [0.15, 0.2) is 18.2 Å². The van der Waals surface area contributed by atoms with Crippen LogP contribution < -0.4 is 14.8 Å². The Morgan fingerprint density at radius 1 is 1.30 bits per heavy atom. The number of aliphatic carboxylic acids is 1. The summed E-state index contributed by atoms with van der Waals surface area (Å²) in [5.41, 5.74) is 0.274. The number of hydrogen-bond donors (Lipinski definition) is 2. The summed E-state index contributed by atoms with van der Waals surface area (Å²) in [5.74, 6) is -0.637. The van der Waals surface area contributed by atoms with E-state index in [2.05, 4.69) is 5.32 Å². The van der Waals surface area contributed by atoms with Crippen molar-refractivity contribution in [3.05, 3.63) is 23.8 Å². The average molecular weight is 281 g/mol. The molecule has 110 valence electrons. The molecule has 1 atom stereocenters. The number of carboxylic acid groups (broad SMARTS) is 1. The van der Waals surface area contributed by atoms with E-state index in [0.717, 1.165) is 0 Å². The maximum absolute atomic E-state index is 12.1. The number of amides is 1. The molecular formula is C14H19NO5. The second-order valence-electron chi connectivity index (χ2n) is 4.22. The third-order valence-corrected chi connectivity index (χ3v) is 2.83. The molecule has 20 heavy (non-hydrogen) atoms. The van der Waals surface area contributed by atoms with Crippen LogP contribution in [0.1, 0.15) is 30.1 Å². The van der Waals surface area contributed by atoms with E-state index < -0.39 is 17.9 Å². The van der Waals surface area contributed by atoms with Gasteiger partial charge in [-0.2, -0.15) is 0 Å². The van der Waals surface area contributed by atoms with Crippen LogP contribution in [0.3, 0.4) is 0 Å². The van der Waals surface area contributed by atoms with Gasteiger partial charge in [0.15, 0.2) is 0 Å². The number of rotatable bonds is 7. The largest absolute Gasteiger partial charge is 0.497 e. The highest BCUT2D eigenvalue weighted by atomic mass is 16.5. The van der Waals surface area contributed by atoms with Crippen LogP contribution in [-0.4, -0.2) is 37.2 Å². The second kappa shape index (κ2) is 7.37. The minimum atomic E-state index is -1.05. The Labute approximate surface area is 117 Å². The fourth-order valence-electron chi connectivity index (χ4n) is 1.77. The van der Waals surface area contributed by atoms with E-state index in [4.69, 9.17) is 14.6 Å². The van der Waals surface area contributed by atoms with Crippen LogP contribution >= 0.6 is 0 Å². The first-order chi connectivity index (χ1) is 9.53. The van der Waals surface area contributed by atoms with Gasteiger partial charge < -0.3 is 19.9 Å². The molecule has 6 nitrogen and oxygen atoms in total. The van der Waals surface area contributed by atoms with E-state index in [-0.39, 0.29) is 5.56 Å². The monoisotopic (exact) mass is 281 g/mol. The molecule has 0 fully saturated rings. The third-order valence-electron chi connectivity index (χ3n) is 2.83. The van der Waals surface area contributed by atoms with Gasteiger partial charge in [-0.1, -0.05) is 13.3 Å². The lowest BCUT2D eigenvalue weighted by molar-refractivity contribution is -0.139. The molecule has 0 saturated carbocycles. The normalized spacial score (nSPS) is 11.6. The lowest BCUT2D eigenvalue weighted by atomic mass is 10.1. The van der Waals surface area contributed by atoms with E-state index in [1.807, 2.05) is 6.92 Å². The first-order valence-corrected chi connectivity index (χ1v) is 6.29. The highest BCUT2D eigenvalue weighted by Gasteiger charge is 2.21.